The van der Waals surface area contributed by atoms with Gasteiger partial charge in [-0.2, -0.15) is 4.57 Å². The Morgan fingerprint density at radius 1 is 0.943 bits per heavy atom. The zero-order valence-corrected chi connectivity index (χ0v) is 22.2. The van der Waals surface area contributed by atoms with E-state index in [4.69, 9.17) is 4.42 Å². The molecule has 5 rings (SSSR count). The SMILES string of the molecule is C.CCN1C(=CC2=C(SC)/C(=C\c3oc4ccccc4[n+]3CC)C2=O)N(CC)c2ccccc21.[Br-]. The molecule has 0 saturated carbocycles. The number of aromatic nitrogens is 1. The number of aryl methyl sites for hydroxylation is 1. The normalized spacial score (nSPS) is 15.8. The summed E-state index contributed by atoms with van der Waals surface area (Å²) in [6.45, 7) is 8.83. The number of carbonyl (C=O) groups excluding carboxylic acids is 1. The van der Waals surface area contributed by atoms with Crippen molar-refractivity contribution in [2.75, 3.05) is 29.1 Å². The van der Waals surface area contributed by atoms with Gasteiger partial charge in [0.2, 0.25) is 5.58 Å². The smallest absolute Gasteiger partial charge is 0.374 e. The van der Waals surface area contributed by atoms with Crippen LogP contribution in [0.5, 0.6) is 0 Å². The number of hydrogen-bond donors (Lipinski definition) is 0. The summed E-state index contributed by atoms with van der Waals surface area (Å²) in [6, 6.07) is 16.4. The lowest BCUT2D eigenvalue weighted by Crippen LogP contribution is -3.00. The highest BCUT2D eigenvalue weighted by atomic mass is 79.9. The molecule has 0 fully saturated rings. The zero-order chi connectivity index (χ0) is 23.1. The van der Waals surface area contributed by atoms with Crippen LogP contribution in [0.3, 0.4) is 0 Å². The number of allylic oxidation sites excluding steroid dienone is 3. The average Bonchev–Trinajstić information content (AvgIpc) is 3.36. The molecule has 35 heavy (non-hydrogen) atoms. The highest BCUT2D eigenvalue weighted by Crippen LogP contribution is 2.45. The number of anilines is 2. The number of rotatable bonds is 6. The standard InChI is InChI=1S/C27H28N3O2S.CH4.BrH/c1-5-28-20-12-8-9-13-21(20)29(6-2)24(28)16-18-26(31)19(27(18)33-4)17-25-30(7-3)22-14-10-11-15-23(22)32-25;;/h8-17H,5-7H2,1-4H3;1H4;1H/q+1;;/p-1. The summed E-state index contributed by atoms with van der Waals surface area (Å²) >= 11 is 1.61. The predicted octanol–water partition coefficient (Wildman–Crippen LogP) is 3.17. The molecule has 0 radical (unpaired) electrons. The molecule has 1 aliphatic carbocycles. The van der Waals surface area contributed by atoms with Gasteiger partial charge < -0.3 is 31.2 Å². The number of carbonyl (C=O) groups is 1. The molecule has 0 saturated heterocycles. The first-order chi connectivity index (χ1) is 16.1. The molecule has 2 aliphatic rings. The number of thioether (sulfide) groups is 1. The minimum absolute atomic E-state index is 0. The Kier molecular flexibility index (Phi) is 8.34. The summed E-state index contributed by atoms with van der Waals surface area (Å²) in [6.07, 6.45) is 5.99. The Morgan fingerprint density at radius 2 is 1.54 bits per heavy atom. The maximum Gasteiger partial charge on any atom is 0.374 e. The van der Waals surface area contributed by atoms with E-state index in [-0.39, 0.29) is 30.2 Å². The van der Waals surface area contributed by atoms with E-state index in [9.17, 15) is 4.79 Å². The van der Waals surface area contributed by atoms with Gasteiger partial charge in [-0.15, -0.1) is 11.8 Å². The van der Waals surface area contributed by atoms with Crippen LogP contribution in [0.15, 0.2) is 80.9 Å². The highest BCUT2D eigenvalue weighted by Gasteiger charge is 2.37. The number of nitrogens with zero attached hydrogens (tertiary/aromatic N) is 3. The number of ketones is 1. The van der Waals surface area contributed by atoms with Crippen LogP contribution in [0.2, 0.25) is 0 Å². The molecule has 0 bridgehead atoms. The van der Waals surface area contributed by atoms with E-state index in [2.05, 4.69) is 65.5 Å². The summed E-state index contributed by atoms with van der Waals surface area (Å²) in [5.74, 6) is 1.83. The first-order valence-corrected chi connectivity index (χ1v) is 12.7. The van der Waals surface area contributed by atoms with Crippen LogP contribution in [-0.4, -0.2) is 25.1 Å². The molecule has 3 aromatic rings. The van der Waals surface area contributed by atoms with Crippen LogP contribution in [-0.2, 0) is 11.3 Å². The summed E-state index contributed by atoms with van der Waals surface area (Å²) < 4.78 is 8.19. The fourth-order valence-electron chi connectivity index (χ4n) is 4.79. The minimum Gasteiger partial charge on any atom is -1.00 e. The Balaban J connectivity index is 0.00000171. The van der Waals surface area contributed by atoms with E-state index in [1.165, 1.54) is 11.4 Å². The van der Waals surface area contributed by atoms with Crippen LogP contribution in [0.25, 0.3) is 17.2 Å². The van der Waals surface area contributed by atoms with Gasteiger partial charge in [0.05, 0.1) is 17.5 Å². The number of hydrogen-bond acceptors (Lipinski definition) is 5. The largest absolute Gasteiger partial charge is 1.00 e. The summed E-state index contributed by atoms with van der Waals surface area (Å²) in [5.41, 5.74) is 5.73. The van der Waals surface area contributed by atoms with Crippen molar-refractivity contribution in [2.24, 2.45) is 0 Å². The number of benzene rings is 2. The van der Waals surface area contributed by atoms with Gasteiger partial charge in [0.1, 0.15) is 12.4 Å². The topological polar surface area (TPSA) is 40.6 Å². The van der Waals surface area contributed by atoms with E-state index in [0.29, 0.717) is 5.89 Å². The third-order valence-corrected chi connectivity index (χ3v) is 7.17. The number of oxazole rings is 1. The average molecular weight is 555 g/mol. The molecule has 2 heterocycles. The maximum atomic E-state index is 13.3. The molecule has 1 aromatic heterocycles. The summed E-state index contributed by atoms with van der Waals surface area (Å²) in [7, 11) is 0. The molecule has 5 nitrogen and oxygen atoms in total. The molecule has 7 heteroatoms. The van der Waals surface area contributed by atoms with Crippen molar-refractivity contribution in [3.8, 4) is 0 Å². The maximum absolute atomic E-state index is 13.3. The van der Waals surface area contributed by atoms with Gasteiger partial charge in [0.25, 0.3) is 5.52 Å². The highest BCUT2D eigenvalue weighted by molar-refractivity contribution is 8.02. The fourth-order valence-corrected chi connectivity index (χ4v) is 5.53. The van der Waals surface area contributed by atoms with E-state index in [0.717, 1.165) is 52.6 Å². The van der Waals surface area contributed by atoms with Crippen LogP contribution < -0.4 is 31.3 Å². The first-order valence-electron chi connectivity index (χ1n) is 11.4. The molecule has 1 aliphatic heterocycles. The summed E-state index contributed by atoms with van der Waals surface area (Å²) in [5, 5.41) is 0. The van der Waals surface area contributed by atoms with Crippen molar-refractivity contribution in [3.63, 3.8) is 0 Å². The van der Waals surface area contributed by atoms with Crippen molar-refractivity contribution in [1.29, 1.82) is 0 Å². The second-order valence-corrected chi connectivity index (χ2v) is 8.78. The van der Waals surface area contributed by atoms with Gasteiger partial charge >= 0.3 is 5.89 Å². The zero-order valence-electron chi connectivity index (χ0n) is 19.8. The van der Waals surface area contributed by atoms with E-state index < -0.39 is 0 Å². The molecule has 0 atom stereocenters. The van der Waals surface area contributed by atoms with Crippen LogP contribution >= 0.6 is 11.8 Å². The fraction of sp³-hybridized carbons (Fsp3) is 0.286. The van der Waals surface area contributed by atoms with Crippen LogP contribution in [0, 0.1) is 0 Å². The summed E-state index contributed by atoms with van der Waals surface area (Å²) in [4.78, 5) is 18.9. The van der Waals surface area contributed by atoms with E-state index in [1.807, 2.05) is 36.6 Å². The van der Waals surface area contributed by atoms with Gasteiger partial charge in [-0.3, -0.25) is 4.79 Å². The Labute approximate surface area is 222 Å². The van der Waals surface area contributed by atoms with Crippen molar-refractivity contribution >= 4 is 46.1 Å². The third kappa shape index (κ3) is 4.25. The van der Waals surface area contributed by atoms with Gasteiger partial charge in [-0.05, 0) is 51.3 Å². The van der Waals surface area contributed by atoms with E-state index >= 15 is 0 Å². The van der Waals surface area contributed by atoms with Crippen molar-refractivity contribution < 1.29 is 30.8 Å². The van der Waals surface area contributed by atoms with Crippen molar-refractivity contribution in [2.45, 2.75) is 34.7 Å². The molecular formula is C28H32BrN3O2S. The van der Waals surface area contributed by atoms with Crippen molar-refractivity contribution in [3.05, 3.63) is 82.4 Å². The number of Topliss-reactive ketones (excluding diaryl/α,β-unsaturated/α-hetero) is 1. The van der Waals surface area contributed by atoms with Gasteiger partial charge in [-0.25, -0.2) is 0 Å². The van der Waals surface area contributed by atoms with Crippen LogP contribution in [0.4, 0.5) is 11.4 Å². The lowest BCUT2D eigenvalue weighted by atomic mass is 9.89. The molecule has 0 unspecified atom stereocenters. The third-order valence-electron chi connectivity index (χ3n) is 6.33. The quantitative estimate of drug-likeness (QED) is 0.346. The molecule has 0 amide bonds. The molecule has 2 aromatic carbocycles. The monoisotopic (exact) mass is 553 g/mol. The second kappa shape index (κ2) is 10.9. The number of halogens is 1. The molecular weight excluding hydrogens is 522 g/mol. The van der Waals surface area contributed by atoms with E-state index in [1.54, 1.807) is 11.8 Å². The first kappa shape index (κ1) is 26.8. The van der Waals surface area contributed by atoms with Crippen molar-refractivity contribution in [1.82, 2.24) is 0 Å². The van der Waals surface area contributed by atoms with Crippen LogP contribution in [0.1, 0.15) is 34.1 Å². The number of fused-ring (bicyclic) bond motifs is 2. The Bertz CT molecular complexity index is 1320. The molecule has 0 spiro atoms. The lowest BCUT2D eigenvalue weighted by Gasteiger charge is -2.27. The van der Waals surface area contributed by atoms with Gasteiger partial charge in [0.15, 0.2) is 5.78 Å². The Morgan fingerprint density at radius 3 is 2.11 bits per heavy atom. The second-order valence-electron chi connectivity index (χ2n) is 7.97. The minimum atomic E-state index is 0. The number of para-hydroxylation sites is 4. The van der Waals surface area contributed by atoms with Gasteiger partial charge in [0, 0.05) is 35.2 Å². The van der Waals surface area contributed by atoms with Gasteiger partial charge in [-0.1, -0.05) is 31.7 Å². The predicted molar refractivity (Wildman–Crippen MR) is 143 cm³/mol. The molecule has 184 valence electrons. The lowest BCUT2D eigenvalue weighted by molar-refractivity contribution is -0.674. The Hall–Kier alpha value is -2.77. The molecule has 0 N–H and O–H groups in total.